The highest BCUT2D eigenvalue weighted by atomic mass is 16.5. The lowest BCUT2D eigenvalue weighted by Gasteiger charge is -2.15. The Morgan fingerprint density at radius 3 is 2.74 bits per heavy atom. The minimum atomic E-state index is -0.617. The van der Waals surface area contributed by atoms with E-state index in [4.69, 9.17) is 4.74 Å². The largest absolute Gasteiger partial charge is 0.481 e. The van der Waals surface area contributed by atoms with Crippen LogP contribution in [-0.2, 0) is 4.79 Å². The van der Waals surface area contributed by atoms with Crippen LogP contribution in [0.5, 0.6) is 5.75 Å². The van der Waals surface area contributed by atoms with Crippen LogP contribution in [0.1, 0.15) is 31.4 Å². The summed E-state index contributed by atoms with van der Waals surface area (Å²) in [4.78, 5) is 12.5. The average Bonchev–Trinajstić information content (AvgIpc) is 3.40. The Bertz CT molecular complexity index is 947. The van der Waals surface area contributed by atoms with Gasteiger partial charge < -0.3 is 10.1 Å². The number of benzene rings is 2. The predicted octanol–water partition coefficient (Wildman–Crippen LogP) is 3.39. The number of nitrogens with zero attached hydrogens (tertiary/aromatic N) is 4. The maximum absolute atomic E-state index is 12.5. The molecular weight excluding hydrogens is 342 g/mol. The summed E-state index contributed by atoms with van der Waals surface area (Å²) in [5.74, 6) is 1.17. The quantitative estimate of drug-likeness (QED) is 0.726. The van der Waals surface area contributed by atoms with Crippen LogP contribution in [0.2, 0.25) is 0 Å². The molecule has 1 unspecified atom stereocenters. The standard InChI is InChI=1S/C20H21N5O2/c1-13-6-10-18(11-7-13)27-14(2)20(26)21-16-5-3-4-15(12-16)19-22-23-24-25(19)17-8-9-17/h3-7,10-12,14,17H,8-9H2,1-2H3,(H,21,26). The van der Waals surface area contributed by atoms with Gasteiger partial charge in [-0.2, -0.15) is 0 Å². The first-order valence-corrected chi connectivity index (χ1v) is 9.02. The molecule has 4 rings (SSSR count). The van der Waals surface area contributed by atoms with Crippen molar-refractivity contribution < 1.29 is 9.53 Å². The maximum atomic E-state index is 12.5. The Kier molecular flexibility index (Phi) is 4.58. The van der Waals surface area contributed by atoms with Gasteiger partial charge in [0.2, 0.25) is 0 Å². The van der Waals surface area contributed by atoms with Crippen LogP contribution < -0.4 is 10.1 Å². The normalized spacial score (nSPS) is 14.6. The molecule has 2 aromatic carbocycles. The molecule has 1 saturated carbocycles. The van der Waals surface area contributed by atoms with Crippen molar-refractivity contribution in [1.82, 2.24) is 20.2 Å². The van der Waals surface area contributed by atoms with E-state index < -0.39 is 6.10 Å². The molecule has 1 heterocycles. The molecule has 27 heavy (non-hydrogen) atoms. The van der Waals surface area contributed by atoms with Crippen LogP contribution in [0.15, 0.2) is 48.5 Å². The van der Waals surface area contributed by atoms with Crippen LogP contribution in [0, 0.1) is 6.92 Å². The number of amides is 1. The SMILES string of the molecule is Cc1ccc(OC(C)C(=O)Nc2cccc(-c3nnnn3C3CC3)c2)cc1. The number of ether oxygens (including phenoxy) is 1. The molecule has 3 aromatic rings. The third-order valence-electron chi connectivity index (χ3n) is 4.48. The lowest BCUT2D eigenvalue weighted by molar-refractivity contribution is -0.122. The molecule has 138 valence electrons. The van der Waals surface area contributed by atoms with Crippen molar-refractivity contribution in [3.05, 3.63) is 54.1 Å². The first kappa shape index (κ1) is 17.2. The highest BCUT2D eigenvalue weighted by molar-refractivity contribution is 5.94. The van der Waals surface area contributed by atoms with Gasteiger partial charge in [-0.1, -0.05) is 29.8 Å². The van der Waals surface area contributed by atoms with Crippen molar-refractivity contribution in [2.24, 2.45) is 0 Å². The van der Waals surface area contributed by atoms with E-state index in [1.54, 1.807) is 6.92 Å². The Morgan fingerprint density at radius 1 is 1.22 bits per heavy atom. The van der Waals surface area contributed by atoms with Gasteiger partial charge in [0.15, 0.2) is 11.9 Å². The zero-order valence-corrected chi connectivity index (χ0v) is 15.3. The van der Waals surface area contributed by atoms with E-state index in [0.29, 0.717) is 17.5 Å². The van der Waals surface area contributed by atoms with Gasteiger partial charge in [-0.25, -0.2) is 4.68 Å². The van der Waals surface area contributed by atoms with Crippen molar-refractivity contribution in [3.8, 4) is 17.1 Å². The third kappa shape index (κ3) is 3.97. The van der Waals surface area contributed by atoms with Gasteiger partial charge in [-0.3, -0.25) is 4.79 Å². The zero-order valence-electron chi connectivity index (χ0n) is 15.3. The first-order chi connectivity index (χ1) is 13.1. The van der Waals surface area contributed by atoms with Gasteiger partial charge in [-0.05, 0) is 61.4 Å². The number of carbonyl (C=O) groups excluding carboxylic acids is 1. The minimum Gasteiger partial charge on any atom is -0.481 e. The number of tetrazole rings is 1. The molecule has 7 nitrogen and oxygen atoms in total. The van der Waals surface area contributed by atoms with Gasteiger partial charge in [-0.15, -0.1) is 5.10 Å². The van der Waals surface area contributed by atoms with E-state index in [1.165, 1.54) is 0 Å². The second-order valence-corrected chi connectivity index (χ2v) is 6.82. The molecule has 7 heteroatoms. The number of aryl methyl sites for hydroxylation is 1. The highest BCUT2D eigenvalue weighted by Crippen LogP contribution is 2.36. The predicted molar refractivity (Wildman–Crippen MR) is 101 cm³/mol. The molecular formula is C20H21N5O2. The molecule has 0 spiro atoms. The van der Waals surface area contributed by atoms with E-state index in [2.05, 4.69) is 20.8 Å². The highest BCUT2D eigenvalue weighted by Gasteiger charge is 2.28. The zero-order chi connectivity index (χ0) is 18.8. The van der Waals surface area contributed by atoms with Crippen LogP contribution in [0.3, 0.4) is 0 Å². The van der Waals surface area contributed by atoms with Crippen LogP contribution in [0.25, 0.3) is 11.4 Å². The van der Waals surface area contributed by atoms with E-state index in [9.17, 15) is 4.79 Å². The van der Waals surface area contributed by atoms with E-state index >= 15 is 0 Å². The molecule has 0 radical (unpaired) electrons. The Balaban J connectivity index is 1.45. The number of anilines is 1. The monoisotopic (exact) mass is 363 g/mol. The van der Waals surface area contributed by atoms with E-state index in [-0.39, 0.29) is 5.91 Å². The molecule has 1 N–H and O–H groups in total. The molecule has 1 aromatic heterocycles. The number of nitrogens with one attached hydrogen (secondary N) is 1. The summed E-state index contributed by atoms with van der Waals surface area (Å²) in [6.45, 7) is 3.74. The number of carbonyl (C=O) groups is 1. The van der Waals surface area contributed by atoms with Crippen LogP contribution in [-0.4, -0.2) is 32.2 Å². The minimum absolute atomic E-state index is 0.213. The van der Waals surface area contributed by atoms with Crippen molar-refractivity contribution in [3.63, 3.8) is 0 Å². The molecule has 1 fully saturated rings. The fourth-order valence-corrected chi connectivity index (χ4v) is 2.80. The van der Waals surface area contributed by atoms with Crippen molar-refractivity contribution in [1.29, 1.82) is 0 Å². The fraction of sp³-hybridized carbons (Fsp3) is 0.300. The molecule has 1 aliphatic rings. The summed E-state index contributed by atoms with van der Waals surface area (Å²) in [5, 5.41) is 14.9. The topological polar surface area (TPSA) is 81.9 Å². The number of hydrogen-bond donors (Lipinski definition) is 1. The van der Waals surface area contributed by atoms with E-state index in [1.807, 2.05) is 60.1 Å². The second kappa shape index (κ2) is 7.19. The maximum Gasteiger partial charge on any atom is 0.265 e. The number of hydrogen-bond acceptors (Lipinski definition) is 5. The molecule has 0 bridgehead atoms. The summed E-state index contributed by atoms with van der Waals surface area (Å²) in [6.07, 6.45) is 1.58. The van der Waals surface area contributed by atoms with Crippen molar-refractivity contribution in [2.45, 2.75) is 38.8 Å². The second-order valence-electron chi connectivity index (χ2n) is 6.82. The fourth-order valence-electron chi connectivity index (χ4n) is 2.80. The van der Waals surface area contributed by atoms with Gasteiger partial charge in [0, 0.05) is 11.3 Å². The summed E-state index contributed by atoms with van der Waals surface area (Å²) in [5.41, 5.74) is 2.70. The smallest absolute Gasteiger partial charge is 0.265 e. The Hall–Kier alpha value is -3.22. The lowest BCUT2D eigenvalue weighted by Crippen LogP contribution is -2.30. The van der Waals surface area contributed by atoms with Crippen LogP contribution in [0.4, 0.5) is 5.69 Å². The molecule has 1 atom stereocenters. The summed E-state index contributed by atoms with van der Waals surface area (Å²) >= 11 is 0. The van der Waals surface area contributed by atoms with Gasteiger partial charge in [0.1, 0.15) is 5.75 Å². The molecule has 0 saturated heterocycles. The lowest BCUT2D eigenvalue weighted by atomic mass is 10.2. The average molecular weight is 363 g/mol. The van der Waals surface area contributed by atoms with Gasteiger partial charge in [0.25, 0.3) is 5.91 Å². The Labute approximate surface area is 157 Å². The van der Waals surface area contributed by atoms with Crippen LogP contribution >= 0.6 is 0 Å². The van der Waals surface area contributed by atoms with Gasteiger partial charge in [0.05, 0.1) is 6.04 Å². The third-order valence-corrected chi connectivity index (χ3v) is 4.48. The summed E-state index contributed by atoms with van der Waals surface area (Å²) in [7, 11) is 0. The number of aromatic nitrogens is 4. The first-order valence-electron chi connectivity index (χ1n) is 9.02. The summed E-state index contributed by atoms with van der Waals surface area (Å²) < 4.78 is 7.57. The van der Waals surface area contributed by atoms with E-state index in [0.717, 1.165) is 29.8 Å². The molecule has 1 aliphatic carbocycles. The molecule has 0 aliphatic heterocycles. The summed E-state index contributed by atoms with van der Waals surface area (Å²) in [6, 6.07) is 15.5. The van der Waals surface area contributed by atoms with Crippen molar-refractivity contribution in [2.75, 3.05) is 5.32 Å². The van der Waals surface area contributed by atoms with Gasteiger partial charge >= 0.3 is 0 Å². The Morgan fingerprint density at radius 2 is 2.00 bits per heavy atom. The number of rotatable bonds is 6. The van der Waals surface area contributed by atoms with Crippen molar-refractivity contribution >= 4 is 11.6 Å². The molecule has 1 amide bonds.